The molecule has 3 heterocycles. The smallest absolute Gasteiger partial charge is 0.267 e. The lowest BCUT2D eigenvalue weighted by Crippen LogP contribution is -2.33. The van der Waals surface area contributed by atoms with E-state index in [1.807, 2.05) is 0 Å². The summed E-state index contributed by atoms with van der Waals surface area (Å²) in [5.74, 6) is -0.346. The first-order chi connectivity index (χ1) is 11.1. The summed E-state index contributed by atoms with van der Waals surface area (Å²) in [5.41, 5.74) is 1.08. The SMILES string of the molecule is CC(C(=O)Nc1nccs1)n1nc(-c2ccncc2)ccc1=O. The number of hydrogen-bond donors (Lipinski definition) is 1. The molecule has 23 heavy (non-hydrogen) atoms. The number of pyridine rings is 1. The van der Waals surface area contributed by atoms with Crippen LogP contribution in [-0.2, 0) is 4.79 Å². The van der Waals surface area contributed by atoms with Crippen molar-refractivity contribution in [3.8, 4) is 11.3 Å². The summed E-state index contributed by atoms with van der Waals surface area (Å²) in [4.78, 5) is 32.2. The molecule has 0 spiro atoms. The summed E-state index contributed by atoms with van der Waals surface area (Å²) < 4.78 is 1.17. The van der Waals surface area contributed by atoms with E-state index in [1.165, 1.54) is 22.1 Å². The zero-order valence-corrected chi connectivity index (χ0v) is 13.0. The van der Waals surface area contributed by atoms with E-state index in [1.54, 1.807) is 49.1 Å². The number of aromatic nitrogens is 4. The fourth-order valence-corrected chi connectivity index (χ4v) is 2.52. The van der Waals surface area contributed by atoms with Gasteiger partial charge in [0.15, 0.2) is 5.13 Å². The molecule has 0 radical (unpaired) electrons. The first kappa shape index (κ1) is 15.0. The molecule has 3 aromatic rings. The number of amides is 1. The fourth-order valence-electron chi connectivity index (χ4n) is 1.99. The Balaban J connectivity index is 1.89. The van der Waals surface area contributed by atoms with Crippen molar-refractivity contribution in [3.63, 3.8) is 0 Å². The van der Waals surface area contributed by atoms with E-state index in [9.17, 15) is 9.59 Å². The first-order valence-corrected chi connectivity index (χ1v) is 7.74. The Bertz CT molecular complexity index is 861. The summed E-state index contributed by atoms with van der Waals surface area (Å²) in [6.45, 7) is 1.62. The van der Waals surface area contributed by atoms with Gasteiger partial charge in [0.25, 0.3) is 11.5 Å². The third-order valence-electron chi connectivity index (χ3n) is 3.21. The van der Waals surface area contributed by atoms with Crippen LogP contribution in [0.1, 0.15) is 13.0 Å². The van der Waals surface area contributed by atoms with Gasteiger partial charge in [-0.2, -0.15) is 5.10 Å². The lowest BCUT2D eigenvalue weighted by Gasteiger charge is -2.13. The van der Waals surface area contributed by atoms with E-state index < -0.39 is 6.04 Å². The monoisotopic (exact) mass is 327 g/mol. The van der Waals surface area contributed by atoms with Gasteiger partial charge in [0.05, 0.1) is 5.69 Å². The van der Waals surface area contributed by atoms with Crippen molar-refractivity contribution in [2.75, 3.05) is 5.32 Å². The number of nitrogens with zero attached hydrogens (tertiary/aromatic N) is 4. The molecule has 0 saturated carbocycles. The molecule has 0 fully saturated rings. The maximum absolute atomic E-state index is 12.3. The number of nitrogens with one attached hydrogen (secondary N) is 1. The van der Waals surface area contributed by atoms with Crippen molar-refractivity contribution in [2.45, 2.75) is 13.0 Å². The molecule has 1 atom stereocenters. The van der Waals surface area contributed by atoms with Crippen LogP contribution in [0.25, 0.3) is 11.3 Å². The maximum Gasteiger partial charge on any atom is 0.267 e. The molecule has 0 aliphatic rings. The molecular formula is C15H13N5O2S. The van der Waals surface area contributed by atoms with Crippen LogP contribution < -0.4 is 10.9 Å². The summed E-state index contributed by atoms with van der Waals surface area (Å²) >= 11 is 1.31. The second kappa shape index (κ2) is 6.49. The third kappa shape index (κ3) is 3.32. The molecule has 116 valence electrons. The Morgan fingerprint density at radius 3 is 2.70 bits per heavy atom. The van der Waals surface area contributed by atoms with Crippen molar-refractivity contribution < 1.29 is 4.79 Å². The van der Waals surface area contributed by atoms with Gasteiger partial charge in [-0.25, -0.2) is 9.67 Å². The molecule has 1 N–H and O–H groups in total. The molecule has 0 bridgehead atoms. The number of anilines is 1. The van der Waals surface area contributed by atoms with Gasteiger partial charge in [-0.15, -0.1) is 11.3 Å². The number of thiazole rings is 1. The normalized spacial score (nSPS) is 11.9. The highest BCUT2D eigenvalue weighted by Crippen LogP contribution is 2.16. The van der Waals surface area contributed by atoms with Gasteiger partial charge in [-0.3, -0.25) is 14.6 Å². The molecule has 3 aromatic heterocycles. The molecular weight excluding hydrogens is 314 g/mol. The van der Waals surface area contributed by atoms with Crippen molar-refractivity contribution in [2.24, 2.45) is 0 Å². The number of rotatable bonds is 4. The Morgan fingerprint density at radius 1 is 1.22 bits per heavy atom. The molecule has 0 aliphatic carbocycles. The highest BCUT2D eigenvalue weighted by Gasteiger charge is 2.18. The predicted octanol–water partition coefficient (Wildman–Crippen LogP) is 1.96. The lowest BCUT2D eigenvalue weighted by molar-refractivity contribution is -0.119. The van der Waals surface area contributed by atoms with E-state index in [2.05, 4.69) is 20.4 Å². The largest absolute Gasteiger partial charge is 0.300 e. The second-order valence-corrected chi connectivity index (χ2v) is 5.63. The minimum absolute atomic E-state index is 0.343. The van der Waals surface area contributed by atoms with Crippen LogP contribution in [0.3, 0.4) is 0 Å². The summed E-state index contributed by atoms with van der Waals surface area (Å²) in [6.07, 6.45) is 4.88. The van der Waals surface area contributed by atoms with Crippen molar-refractivity contribution in [1.29, 1.82) is 0 Å². The van der Waals surface area contributed by atoms with Crippen LogP contribution >= 0.6 is 11.3 Å². The van der Waals surface area contributed by atoms with Crippen LogP contribution in [0.15, 0.2) is 53.0 Å². The Kier molecular flexibility index (Phi) is 4.24. The van der Waals surface area contributed by atoms with E-state index in [0.717, 1.165) is 5.56 Å². The lowest BCUT2D eigenvalue weighted by atomic mass is 10.2. The van der Waals surface area contributed by atoms with Gasteiger partial charge in [-0.05, 0) is 25.1 Å². The average molecular weight is 327 g/mol. The Morgan fingerprint density at radius 2 is 2.00 bits per heavy atom. The molecule has 3 rings (SSSR count). The first-order valence-electron chi connectivity index (χ1n) is 6.86. The molecule has 0 aromatic carbocycles. The topological polar surface area (TPSA) is 89.8 Å². The van der Waals surface area contributed by atoms with Crippen LogP contribution in [0.4, 0.5) is 5.13 Å². The van der Waals surface area contributed by atoms with E-state index in [4.69, 9.17) is 0 Å². The quantitative estimate of drug-likeness (QED) is 0.791. The minimum atomic E-state index is -0.756. The van der Waals surface area contributed by atoms with Gasteiger partial charge in [0.1, 0.15) is 6.04 Å². The van der Waals surface area contributed by atoms with E-state index in [0.29, 0.717) is 10.8 Å². The highest BCUT2D eigenvalue weighted by molar-refractivity contribution is 7.13. The maximum atomic E-state index is 12.3. The number of carbonyl (C=O) groups is 1. The van der Waals surface area contributed by atoms with Gasteiger partial charge in [0, 0.05) is 35.6 Å². The van der Waals surface area contributed by atoms with E-state index >= 15 is 0 Å². The highest BCUT2D eigenvalue weighted by atomic mass is 32.1. The standard InChI is InChI=1S/C15H13N5O2S/c1-10(14(22)18-15-17-8-9-23-15)20-13(21)3-2-12(19-20)11-4-6-16-7-5-11/h2-10H,1H3,(H,17,18,22). The molecule has 1 unspecified atom stereocenters. The van der Waals surface area contributed by atoms with Gasteiger partial charge >= 0.3 is 0 Å². The zero-order valence-electron chi connectivity index (χ0n) is 12.2. The van der Waals surface area contributed by atoms with Gasteiger partial charge < -0.3 is 5.32 Å². The average Bonchev–Trinajstić information content (AvgIpc) is 3.08. The number of carbonyl (C=O) groups excluding carboxylic acids is 1. The summed E-state index contributed by atoms with van der Waals surface area (Å²) in [7, 11) is 0. The third-order valence-corrected chi connectivity index (χ3v) is 3.90. The minimum Gasteiger partial charge on any atom is -0.300 e. The van der Waals surface area contributed by atoms with Gasteiger partial charge in [-0.1, -0.05) is 0 Å². The van der Waals surface area contributed by atoms with Crippen LogP contribution in [0.5, 0.6) is 0 Å². The molecule has 1 amide bonds. The van der Waals surface area contributed by atoms with Crippen LogP contribution in [-0.4, -0.2) is 25.7 Å². The van der Waals surface area contributed by atoms with Crippen molar-refractivity contribution in [3.05, 3.63) is 58.6 Å². The predicted molar refractivity (Wildman–Crippen MR) is 87.2 cm³/mol. The Labute approximate surface area is 135 Å². The van der Waals surface area contributed by atoms with Crippen LogP contribution in [0, 0.1) is 0 Å². The zero-order chi connectivity index (χ0) is 16.2. The summed E-state index contributed by atoms with van der Waals surface area (Å²) in [5, 5.41) is 9.20. The molecule has 7 nitrogen and oxygen atoms in total. The van der Waals surface area contributed by atoms with Crippen molar-refractivity contribution >= 4 is 22.4 Å². The molecule has 8 heteroatoms. The van der Waals surface area contributed by atoms with Gasteiger partial charge in [0.2, 0.25) is 0 Å². The van der Waals surface area contributed by atoms with Crippen LogP contribution in [0.2, 0.25) is 0 Å². The summed E-state index contributed by atoms with van der Waals surface area (Å²) in [6, 6.07) is 5.85. The fraction of sp³-hybridized carbons (Fsp3) is 0.133. The molecule has 0 aliphatic heterocycles. The molecule has 0 saturated heterocycles. The number of hydrogen-bond acceptors (Lipinski definition) is 6. The second-order valence-electron chi connectivity index (χ2n) is 4.74. The van der Waals surface area contributed by atoms with Crippen molar-refractivity contribution in [1.82, 2.24) is 19.7 Å². The Hall–Kier alpha value is -2.87. The van der Waals surface area contributed by atoms with E-state index in [-0.39, 0.29) is 11.5 Å².